The first-order chi connectivity index (χ1) is 13.8. The number of aromatic nitrogens is 2. The quantitative estimate of drug-likeness (QED) is 0.424. The second kappa shape index (κ2) is 8.20. The standard InChI is InChI=1S/C16H13N5O6S2/c1-27-14-8-13(17-9-18-14)20-29(25,26)11-4-2-10(3-5-11)19-16(22)12-6-7-15(28-12)21(23)24/h2-9H,1H3,(H,19,22)(H,17,18,20). The van der Waals surface area contributed by atoms with Crippen LogP contribution in [0.5, 0.6) is 5.88 Å². The average Bonchev–Trinajstić information content (AvgIpc) is 3.19. The van der Waals surface area contributed by atoms with Crippen LogP contribution in [0.4, 0.5) is 16.5 Å². The molecule has 0 spiro atoms. The minimum atomic E-state index is -3.92. The summed E-state index contributed by atoms with van der Waals surface area (Å²) in [6.45, 7) is 0. The van der Waals surface area contributed by atoms with E-state index in [1.165, 1.54) is 49.6 Å². The topological polar surface area (TPSA) is 153 Å². The third kappa shape index (κ3) is 4.83. The Morgan fingerprint density at radius 2 is 1.90 bits per heavy atom. The number of rotatable bonds is 7. The number of carbonyl (C=O) groups excluding carboxylic acids is 1. The van der Waals surface area contributed by atoms with E-state index in [0.717, 1.165) is 17.7 Å². The highest BCUT2D eigenvalue weighted by atomic mass is 32.2. The number of nitrogens with one attached hydrogen (secondary N) is 2. The summed E-state index contributed by atoms with van der Waals surface area (Å²) in [5.41, 5.74) is 0.328. The van der Waals surface area contributed by atoms with E-state index in [0.29, 0.717) is 5.69 Å². The molecule has 3 rings (SSSR count). The van der Waals surface area contributed by atoms with Gasteiger partial charge in [0.25, 0.3) is 15.9 Å². The summed E-state index contributed by atoms with van der Waals surface area (Å²) in [6.07, 6.45) is 1.16. The van der Waals surface area contributed by atoms with Gasteiger partial charge in [0.05, 0.1) is 21.8 Å². The Hall–Kier alpha value is -3.58. The van der Waals surface area contributed by atoms with Crippen molar-refractivity contribution in [1.82, 2.24) is 9.97 Å². The van der Waals surface area contributed by atoms with Crippen molar-refractivity contribution in [2.24, 2.45) is 0 Å². The van der Waals surface area contributed by atoms with Crippen LogP contribution in [0.1, 0.15) is 9.67 Å². The molecule has 0 bridgehead atoms. The Bertz CT molecular complexity index is 1160. The fourth-order valence-electron chi connectivity index (χ4n) is 2.16. The van der Waals surface area contributed by atoms with Crippen LogP contribution in [-0.4, -0.2) is 36.3 Å². The number of ether oxygens (including phenoxy) is 1. The molecule has 0 aliphatic carbocycles. The van der Waals surface area contributed by atoms with Crippen LogP contribution in [0.3, 0.4) is 0 Å². The summed E-state index contributed by atoms with van der Waals surface area (Å²) >= 11 is 0.741. The smallest absolute Gasteiger partial charge is 0.324 e. The van der Waals surface area contributed by atoms with Crippen LogP contribution in [0.2, 0.25) is 0 Å². The molecule has 0 saturated carbocycles. The zero-order chi connectivity index (χ0) is 21.0. The molecular formula is C16H13N5O6S2. The van der Waals surface area contributed by atoms with Crippen molar-refractivity contribution in [1.29, 1.82) is 0 Å². The van der Waals surface area contributed by atoms with Crippen molar-refractivity contribution in [3.63, 3.8) is 0 Å². The lowest BCUT2D eigenvalue weighted by atomic mass is 10.3. The van der Waals surface area contributed by atoms with Gasteiger partial charge >= 0.3 is 5.00 Å². The van der Waals surface area contributed by atoms with E-state index in [4.69, 9.17) is 4.74 Å². The molecule has 0 saturated heterocycles. The fraction of sp³-hybridized carbons (Fsp3) is 0.0625. The van der Waals surface area contributed by atoms with Gasteiger partial charge in [0.2, 0.25) is 5.88 Å². The Morgan fingerprint density at radius 3 is 2.52 bits per heavy atom. The predicted octanol–water partition coefficient (Wildman–Crippen LogP) is 2.51. The van der Waals surface area contributed by atoms with Crippen LogP contribution in [-0.2, 0) is 10.0 Å². The molecule has 0 aliphatic rings. The molecule has 0 unspecified atom stereocenters. The lowest BCUT2D eigenvalue weighted by Crippen LogP contribution is -2.14. The number of nitro groups is 1. The van der Waals surface area contributed by atoms with Crippen molar-refractivity contribution in [3.8, 4) is 5.88 Å². The van der Waals surface area contributed by atoms with Gasteiger partial charge in [-0.15, -0.1) is 0 Å². The van der Waals surface area contributed by atoms with E-state index in [-0.39, 0.29) is 26.5 Å². The van der Waals surface area contributed by atoms with E-state index in [1.807, 2.05) is 0 Å². The third-order valence-corrected chi connectivity index (χ3v) is 5.91. The summed E-state index contributed by atoms with van der Waals surface area (Å²) in [5.74, 6) is -0.303. The van der Waals surface area contributed by atoms with Crippen molar-refractivity contribution in [3.05, 3.63) is 63.8 Å². The van der Waals surface area contributed by atoms with Crippen LogP contribution >= 0.6 is 11.3 Å². The molecule has 1 aromatic carbocycles. The molecule has 0 aliphatic heterocycles. The summed E-state index contributed by atoms with van der Waals surface area (Å²) in [6, 6.07) is 9.30. The summed E-state index contributed by atoms with van der Waals surface area (Å²) < 4.78 is 32.1. The van der Waals surface area contributed by atoms with E-state index >= 15 is 0 Å². The average molecular weight is 435 g/mol. The molecule has 2 heterocycles. The van der Waals surface area contributed by atoms with E-state index in [2.05, 4.69) is 20.0 Å². The number of hydrogen-bond donors (Lipinski definition) is 2. The van der Waals surface area contributed by atoms with Crippen LogP contribution in [0.25, 0.3) is 0 Å². The van der Waals surface area contributed by atoms with Crippen LogP contribution in [0, 0.1) is 10.1 Å². The molecule has 3 aromatic rings. The second-order valence-electron chi connectivity index (χ2n) is 5.42. The first-order valence-electron chi connectivity index (χ1n) is 7.83. The maximum atomic E-state index is 12.5. The SMILES string of the molecule is COc1cc(NS(=O)(=O)c2ccc(NC(=O)c3ccc([N+](=O)[O-])s3)cc2)ncn1. The molecule has 0 fully saturated rings. The van der Waals surface area contributed by atoms with Gasteiger partial charge in [-0.25, -0.2) is 18.4 Å². The van der Waals surface area contributed by atoms with Gasteiger partial charge in [0.1, 0.15) is 12.1 Å². The van der Waals surface area contributed by atoms with Crippen molar-refractivity contribution >= 4 is 43.8 Å². The number of sulfonamides is 1. The molecule has 0 radical (unpaired) electrons. The van der Waals surface area contributed by atoms with Gasteiger partial charge in [-0.05, 0) is 30.3 Å². The van der Waals surface area contributed by atoms with Gasteiger partial charge in [-0.1, -0.05) is 11.3 Å². The molecular weight excluding hydrogens is 422 g/mol. The van der Waals surface area contributed by atoms with E-state index < -0.39 is 20.9 Å². The molecule has 150 valence electrons. The molecule has 29 heavy (non-hydrogen) atoms. The van der Waals surface area contributed by atoms with Crippen LogP contribution in [0.15, 0.2) is 53.7 Å². The summed E-state index contributed by atoms with van der Waals surface area (Å²) in [4.78, 5) is 30.0. The molecule has 2 N–H and O–H groups in total. The highest BCUT2D eigenvalue weighted by Crippen LogP contribution is 2.25. The number of thiophene rings is 1. The number of carbonyl (C=O) groups is 1. The first-order valence-corrected chi connectivity index (χ1v) is 10.1. The number of amides is 1. The van der Waals surface area contributed by atoms with Gasteiger partial charge in [-0.3, -0.25) is 19.6 Å². The Kier molecular flexibility index (Phi) is 5.70. The van der Waals surface area contributed by atoms with Crippen molar-refractivity contribution in [2.75, 3.05) is 17.1 Å². The minimum Gasteiger partial charge on any atom is -0.481 e. The highest BCUT2D eigenvalue weighted by molar-refractivity contribution is 7.92. The Morgan fingerprint density at radius 1 is 1.17 bits per heavy atom. The van der Waals surface area contributed by atoms with Gasteiger partial charge in [0, 0.05) is 17.8 Å². The lowest BCUT2D eigenvalue weighted by molar-refractivity contribution is -0.380. The Balaban J connectivity index is 1.71. The molecule has 13 heteroatoms. The van der Waals surface area contributed by atoms with Crippen molar-refractivity contribution in [2.45, 2.75) is 4.90 Å². The van der Waals surface area contributed by atoms with Gasteiger partial charge in [0.15, 0.2) is 0 Å². The molecule has 2 aromatic heterocycles. The summed E-state index contributed by atoms with van der Waals surface area (Å²) in [5, 5.41) is 13.1. The number of methoxy groups -OCH3 is 1. The van der Waals surface area contributed by atoms with E-state index in [1.54, 1.807) is 0 Å². The Labute approximate surface area is 168 Å². The molecule has 0 atom stereocenters. The zero-order valence-electron chi connectivity index (χ0n) is 14.7. The number of benzene rings is 1. The fourth-order valence-corrected chi connectivity index (χ4v) is 3.88. The molecule has 1 amide bonds. The summed E-state index contributed by atoms with van der Waals surface area (Å²) in [7, 11) is -2.53. The predicted molar refractivity (Wildman–Crippen MR) is 105 cm³/mol. The lowest BCUT2D eigenvalue weighted by Gasteiger charge is -2.09. The van der Waals surface area contributed by atoms with Gasteiger partial charge in [-0.2, -0.15) is 0 Å². The first kappa shape index (κ1) is 20.2. The normalized spacial score (nSPS) is 10.9. The highest BCUT2D eigenvalue weighted by Gasteiger charge is 2.17. The number of hydrogen-bond acceptors (Lipinski definition) is 9. The third-order valence-electron chi connectivity index (χ3n) is 3.51. The number of anilines is 2. The second-order valence-corrected chi connectivity index (χ2v) is 8.17. The zero-order valence-corrected chi connectivity index (χ0v) is 16.4. The maximum Gasteiger partial charge on any atom is 0.324 e. The minimum absolute atomic E-state index is 0.0357. The van der Waals surface area contributed by atoms with Gasteiger partial charge < -0.3 is 10.1 Å². The number of nitrogens with zero attached hydrogens (tertiary/aromatic N) is 3. The molecule has 11 nitrogen and oxygen atoms in total. The largest absolute Gasteiger partial charge is 0.481 e. The monoisotopic (exact) mass is 435 g/mol. The van der Waals surface area contributed by atoms with Crippen molar-refractivity contribution < 1.29 is 22.9 Å². The van der Waals surface area contributed by atoms with Crippen LogP contribution < -0.4 is 14.8 Å². The van der Waals surface area contributed by atoms with E-state index in [9.17, 15) is 23.3 Å². The maximum absolute atomic E-state index is 12.5.